The number of aliphatic hydroxyl groups is 3. The van der Waals surface area contributed by atoms with Crippen molar-refractivity contribution in [1.29, 1.82) is 0 Å². The van der Waals surface area contributed by atoms with Crippen LogP contribution in [0.1, 0.15) is 117 Å². The summed E-state index contributed by atoms with van der Waals surface area (Å²) >= 11 is 0. The lowest BCUT2D eigenvalue weighted by Crippen LogP contribution is -2.69. The van der Waals surface area contributed by atoms with E-state index in [9.17, 15) is 36.2 Å². The van der Waals surface area contributed by atoms with Crippen LogP contribution >= 0.6 is 0 Å². The topological polar surface area (TPSA) is 206 Å². The molecule has 3 aliphatic rings. The number of anilines is 2. The van der Waals surface area contributed by atoms with Crippen molar-refractivity contribution in [2.24, 2.45) is 28.9 Å². The van der Waals surface area contributed by atoms with E-state index in [-0.39, 0.29) is 58.9 Å². The molecule has 0 unspecified atom stereocenters. The number of aliphatic hydroxyl groups excluding tert-OH is 2. The van der Waals surface area contributed by atoms with Crippen LogP contribution in [0.4, 0.5) is 11.4 Å². The molecule has 1 saturated carbocycles. The number of carbonyl (C=O) groups excluding carboxylic acids is 4. The number of carbonyl (C=O) groups is 4. The number of likely N-dealkylation sites (N-methyl/N-ethyl adjacent to an activating group) is 1. The second-order valence-corrected chi connectivity index (χ2v) is 17.7. The van der Waals surface area contributed by atoms with Gasteiger partial charge in [0, 0.05) is 60.4 Å². The minimum absolute atomic E-state index is 0.0668. The molecule has 306 valence electrons. The highest BCUT2D eigenvalue weighted by Gasteiger charge is 2.70. The molecule has 0 heterocycles. The maximum atomic E-state index is 15.1. The highest BCUT2D eigenvalue weighted by atomic mass is 16.3. The lowest BCUT2D eigenvalue weighted by Gasteiger charge is -2.60. The minimum Gasteiger partial charge on any atom is -0.508 e. The van der Waals surface area contributed by atoms with E-state index in [4.69, 9.17) is 8.48 Å². The molecule has 13 heteroatoms. The Morgan fingerprint density at radius 3 is 2.05 bits per heavy atom. The van der Waals surface area contributed by atoms with Gasteiger partial charge in [-0.3, -0.25) is 24.1 Å². The monoisotopic (exact) mass is 771 g/mol. The van der Waals surface area contributed by atoms with E-state index in [0.717, 1.165) is 0 Å². The molecule has 8 N–H and O–H groups in total. The Balaban J connectivity index is 2.17. The molecule has 13 nitrogen and oxygen atoms in total. The van der Waals surface area contributed by atoms with E-state index < -0.39 is 98.2 Å². The first-order valence-electron chi connectivity index (χ1n) is 20.6. The largest absolute Gasteiger partial charge is 0.508 e. The first-order chi connectivity index (χ1) is 26.1. The Hall–Kier alpha value is -3.94. The molecule has 0 spiro atoms. The summed E-state index contributed by atoms with van der Waals surface area (Å²) in [6.45, 7) is 22.1. The fourth-order valence-corrected chi connectivity index (χ4v) is 9.13. The molecule has 55 heavy (non-hydrogen) atoms. The molecule has 0 aromatic heterocycles. The van der Waals surface area contributed by atoms with Crippen molar-refractivity contribution in [1.82, 2.24) is 10.2 Å². The molecule has 1 fully saturated rings. The van der Waals surface area contributed by atoms with Crippen molar-refractivity contribution in [2.45, 2.75) is 138 Å². The number of primary amides is 1. The Kier molecular flexibility index (Phi) is 10.4. The Morgan fingerprint density at radius 2 is 1.60 bits per heavy atom. The number of rotatable bonds is 12. The maximum Gasteiger partial charge on any atom is 0.255 e. The summed E-state index contributed by atoms with van der Waals surface area (Å²) in [6.07, 6.45) is -0.248. The van der Waals surface area contributed by atoms with Crippen molar-refractivity contribution in [3.05, 3.63) is 33.6 Å². The van der Waals surface area contributed by atoms with Crippen LogP contribution in [0.5, 0.6) is 5.75 Å². The van der Waals surface area contributed by atoms with Crippen LogP contribution in [0, 0.1) is 30.1 Å². The van der Waals surface area contributed by atoms with E-state index in [2.05, 4.69) is 10.6 Å². The zero-order chi connectivity index (χ0) is 45.0. The number of aromatic hydroxyl groups is 1. The smallest absolute Gasteiger partial charge is 0.255 e. The number of fused-ring (bicyclic) bond motifs is 3. The Bertz CT molecular complexity index is 1970. The number of hydrogen-bond donors (Lipinski definition) is 7. The number of phenols is 1. The van der Waals surface area contributed by atoms with E-state index in [0.29, 0.717) is 0 Å². The summed E-state index contributed by atoms with van der Waals surface area (Å²) in [7, 11) is 1.58. The van der Waals surface area contributed by atoms with E-state index in [1.807, 2.05) is 34.6 Å². The molecule has 0 radical (unpaired) electrons. The number of amides is 2. The Labute approximate surface area is 330 Å². The second-order valence-electron chi connectivity index (χ2n) is 17.7. The van der Waals surface area contributed by atoms with Gasteiger partial charge in [-0.2, -0.15) is 0 Å². The minimum atomic E-state index is -2.93. The van der Waals surface area contributed by atoms with E-state index >= 15 is 4.79 Å². The average molecular weight is 771 g/mol. The summed E-state index contributed by atoms with van der Waals surface area (Å²) in [5.74, 6) is -7.89. The van der Waals surface area contributed by atoms with Crippen LogP contribution < -0.4 is 21.3 Å². The van der Waals surface area contributed by atoms with Gasteiger partial charge in [-0.1, -0.05) is 48.5 Å². The number of nitrogens with one attached hydrogen (secondary N) is 2. The van der Waals surface area contributed by atoms with Crippen LogP contribution in [0.15, 0.2) is 16.9 Å². The third-order valence-electron chi connectivity index (χ3n) is 13.6. The SMILES string of the molecule is [2H]C([2H])(C)N(c1c(C)c(NC(=O)CNC(C)(C(C)C)C(C)C)c(O)c2c1C(C)(C)[C@@]1(C)C[C@H]3[C@H](N(C)C(C)C)C(=O)C(C(N)=O)=C(O)[C@@]3(O)C(=O)C1=C2O)C([2H])(C)C. The third kappa shape index (κ3) is 6.25. The molecule has 1 aromatic rings. The van der Waals surface area contributed by atoms with Crippen LogP contribution in [0.2, 0.25) is 0 Å². The predicted octanol–water partition coefficient (Wildman–Crippen LogP) is 5.01. The highest BCUT2D eigenvalue weighted by Crippen LogP contribution is 2.66. The molecule has 4 rings (SSSR count). The molecule has 0 aliphatic heterocycles. The molecular formula is C42H65N5O8. The van der Waals surface area contributed by atoms with E-state index in [1.54, 1.807) is 53.5 Å². The molecule has 3 aliphatic carbocycles. The number of hydrogen-bond acceptors (Lipinski definition) is 11. The quantitative estimate of drug-likeness (QED) is 0.111. The van der Waals surface area contributed by atoms with Gasteiger partial charge in [-0.15, -0.1) is 0 Å². The summed E-state index contributed by atoms with van der Waals surface area (Å²) in [4.78, 5) is 58.5. The van der Waals surface area contributed by atoms with Crippen LogP contribution in [0.25, 0.3) is 5.76 Å². The number of nitrogens with two attached hydrogens (primary N) is 1. The maximum absolute atomic E-state index is 15.1. The van der Waals surface area contributed by atoms with Crippen molar-refractivity contribution in [3.8, 4) is 5.75 Å². The lowest BCUT2D eigenvalue weighted by atomic mass is 9.45. The summed E-state index contributed by atoms with van der Waals surface area (Å²) < 4.78 is 27.3. The van der Waals surface area contributed by atoms with Gasteiger partial charge in [0.05, 0.1) is 25.2 Å². The molecular weight excluding hydrogens is 702 g/mol. The fourth-order valence-electron chi connectivity index (χ4n) is 9.13. The van der Waals surface area contributed by atoms with Gasteiger partial charge in [0.1, 0.15) is 17.1 Å². The first-order valence-corrected chi connectivity index (χ1v) is 19.1. The van der Waals surface area contributed by atoms with Crippen molar-refractivity contribution >= 4 is 40.5 Å². The molecule has 0 bridgehead atoms. The van der Waals surface area contributed by atoms with Gasteiger partial charge in [0.25, 0.3) is 5.91 Å². The molecule has 0 saturated heterocycles. The molecule has 1 aromatic carbocycles. The van der Waals surface area contributed by atoms with Crippen molar-refractivity contribution < 1.29 is 43.7 Å². The summed E-state index contributed by atoms with van der Waals surface area (Å²) in [6, 6.07) is -3.40. The van der Waals surface area contributed by atoms with Gasteiger partial charge in [0.15, 0.2) is 17.1 Å². The number of nitrogens with zero attached hydrogens (tertiary/aromatic N) is 2. The average Bonchev–Trinajstić information content (AvgIpc) is 3.05. The number of phenolic OH excluding ortho intramolecular Hbond substituents is 1. The lowest BCUT2D eigenvalue weighted by molar-refractivity contribution is -0.160. The van der Waals surface area contributed by atoms with Gasteiger partial charge in [0.2, 0.25) is 11.7 Å². The van der Waals surface area contributed by atoms with Gasteiger partial charge in [-0.05, 0) is 79.3 Å². The standard InChI is InChI=1S/C42H65N5O8/c1-16-47(22(8)9)31-23(10)30(45-25(48)18-44-41(14,19(2)3)20(4)5)34(50)26-28(31)39(11,12)40(13)17-24-32(46(15)21(6)7)35(51)27(38(43)54)36(52)42(24,55)37(53)29(40)33(26)49/h19-22,24,32,44,49-50,52,55H,16-18H2,1-15H3,(H2,43,54)(H,45,48)/t24-,32-,40-,42+/m0/s1/i16D2,22D. The first kappa shape index (κ1) is 39.3. The summed E-state index contributed by atoms with van der Waals surface area (Å²) in [5, 5.41) is 54.9. The zero-order valence-corrected chi connectivity index (χ0v) is 35.2. The Morgan fingerprint density at radius 1 is 1.05 bits per heavy atom. The van der Waals surface area contributed by atoms with Crippen molar-refractivity contribution in [2.75, 3.05) is 30.3 Å². The van der Waals surface area contributed by atoms with Gasteiger partial charge in [-0.25, -0.2) is 0 Å². The normalized spacial score (nSPS) is 26.5. The van der Waals surface area contributed by atoms with Gasteiger partial charge >= 0.3 is 0 Å². The highest BCUT2D eigenvalue weighted by molar-refractivity contribution is 6.25. The fraction of sp³-hybridized carbons (Fsp3) is 0.667. The molecule has 2 amide bonds. The number of Topliss-reactive ketones (excluding diaryl/α,β-unsaturated/α-hetero) is 2. The van der Waals surface area contributed by atoms with Crippen LogP contribution in [-0.2, 0) is 24.6 Å². The van der Waals surface area contributed by atoms with Gasteiger partial charge < -0.3 is 41.7 Å². The number of ketones is 2. The number of benzene rings is 1. The van der Waals surface area contributed by atoms with Crippen LogP contribution in [-0.4, -0.2) is 98.0 Å². The van der Waals surface area contributed by atoms with Crippen LogP contribution in [0.3, 0.4) is 0 Å². The van der Waals surface area contributed by atoms with E-state index in [1.165, 1.54) is 25.7 Å². The zero-order valence-electron chi connectivity index (χ0n) is 38.2. The summed E-state index contributed by atoms with van der Waals surface area (Å²) in [5.41, 5.74) is -2.28. The van der Waals surface area contributed by atoms with Crippen molar-refractivity contribution in [3.63, 3.8) is 0 Å². The third-order valence-corrected chi connectivity index (χ3v) is 13.6. The molecule has 4 atom stereocenters. The predicted molar refractivity (Wildman–Crippen MR) is 215 cm³/mol. The second kappa shape index (κ2) is 14.5.